The first-order valence-electron chi connectivity index (χ1n) is 7.20. The van der Waals surface area contributed by atoms with Crippen LogP contribution in [0.3, 0.4) is 0 Å². The van der Waals surface area contributed by atoms with E-state index >= 15 is 0 Å². The third-order valence-electron chi connectivity index (χ3n) is 3.67. The van der Waals surface area contributed by atoms with Crippen LogP contribution >= 0.6 is 35.0 Å². The Morgan fingerprint density at radius 2 is 1.92 bits per heavy atom. The maximum Gasteiger partial charge on any atom is 0.271 e. The molecule has 1 fully saturated rings. The van der Waals surface area contributed by atoms with Crippen LogP contribution in [0.25, 0.3) is 6.08 Å². The van der Waals surface area contributed by atoms with Gasteiger partial charge in [-0.3, -0.25) is 15.1 Å². The van der Waals surface area contributed by atoms with Crippen molar-refractivity contribution in [1.29, 1.82) is 5.41 Å². The second kappa shape index (κ2) is 6.29. The zero-order valence-electron chi connectivity index (χ0n) is 12.6. The van der Waals surface area contributed by atoms with Crippen molar-refractivity contribution in [2.45, 2.75) is 0 Å². The van der Waals surface area contributed by atoms with Gasteiger partial charge in [-0.25, -0.2) is 0 Å². The molecule has 0 saturated carbocycles. The number of amides is 1. The molecule has 2 aromatic carbocycles. The number of carbonyl (C=O) groups excluding carboxylic acids is 1. The Morgan fingerprint density at radius 3 is 2.72 bits per heavy atom. The molecule has 2 aliphatic heterocycles. The van der Waals surface area contributed by atoms with Gasteiger partial charge < -0.3 is 9.47 Å². The lowest BCUT2D eigenvalue weighted by Gasteiger charge is -2.16. The second-order valence-corrected chi connectivity index (χ2v) is 7.14. The van der Waals surface area contributed by atoms with Crippen molar-refractivity contribution in [2.24, 2.45) is 0 Å². The zero-order valence-corrected chi connectivity index (χ0v) is 14.9. The van der Waals surface area contributed by atoms with Crippen molar-refractivity contribution in [3.05, 3.63) is 56.9 Å². The summed E-state index contributed by atoms with van der Waals surface area (Å²) in [5, 5.41) is 9.00. The van der Waals surface area contributed by atoms with Gasteiger partial charge in [0, 0.05) is 5.02 Å². The SMILES string of the molecule is N=C1SC(=Cc2ccc3c(c2)OCO3)C(=O)N1c1ccc(Cl)cc1Cl. The Bertz CT molecular complexity index is 945. The molecule has 0 aliphatic carbocycles. The van der Waals surface area contributed by atoms with Crippen molar-refractivity contribution < 1.29 is 14.3 Å². The van der Waals surface area contributed by atoms with Gasteiger partial charge in [-0.05, 0) is 53.7 Å². The van der Waals surface area contributed by atoms with Crippen molar-refractivity contribution >= 4 is 57.8 Å². The highest BCUT2D eigenvalue weighted by Crippen LogP contribution is 2.40. The number of carbonyl (C=O) groups is 1. The highest BCUT2D eigenvalue weighted by molar-refractivity contribution is 8.19. The Labute approximate surface area is 157 Å². The molecular formula is C17H10Cl2N2O3S. The van der Waals surface area contributed by atoms with Crippen LogP contribution < -0.4 is 14.4 Å². The highest BCUT2D eigenvalue weighted by atomic mass is 35.5. The molecule has 0 bridgehead atoms. The summed E-state index contributed by atoms with van der Waals surface area (Å²) in [5.41, 5.74) is 1.22. The van der Waals surface area contributed by atoms with E-state index in [1.807, 2.05) is 6.07 Å². The van der Waals surface area contributed by atoms with Crippen LogP contribution in [-0.4, -0.2) is 17.9 Å². The average Bonchev–Trinajstić information content (AvgIpc) is 3.13. The third-order valence-corrected chi connectivity index (χ3v) is 5.09. The molecular weight excluding hydrogens is 383 g/mol. The summed E-state index contributed by atoms with van der Waals surface area (Å²) in [7, 11) is 0. The van der Waals surface area contributed by atoms with Gasteiger partial charge >= 0.3 is 0 Å². The van der Waals surface area contributed by atoms with Crippen molar-refractivity contribution in [1.82, 2.24) is 0 Å². The van der Waals surface area contributed by atoms with Crippen LogP contribution in [0.4, 0.5) is 5.69 Å². The van der Waals surface area contributed by atoms with E-state index < -0.39 is 0 Å². The number of hydrogen-bond donors (Lipinski definition) is 1. The van der Waals surface area contributed by atoms with E-state index in [9.17, 15) is 4.79 Å². The van der Waals surface area contributed by atoms with Crippen LogP contribution in [0.2, 0.25) is 10.0 Å². The van der Waals surface area contributed by atoms with Crippen molar-refractivity contribution in [2.75, 3.05) is 11.7 Å². The number of amidine groups is 1. The summed E-state index contributed by atoms with van der Waals surface area (Å²) in [5.74, 6) is 1.00. The standard InChI is InChI=1S/C17H10Cl2N2O3S/c18-10-2-3-12(11(19)7-10)21-16(22)15(25-17(21)20)6-9-1-4-13-14(5-9)24-8-23-13/h1-7,20H,8H2. The number of hydrogen-bond acceptors (Lipinski definition) is 5. The van der Waals surface area contributed by atoms with Gasteiger partial charge in [-0.1, -0.05) is 29.3 Å². The highest BCUT2D eigenvalue weighted by Gasteiger charge is 2.34. The van der Waals surface area contributed by atoms with E-state index in [4.69, 9.17) is 38.1 Å². The number of halogens is 2. The number of fused-ring (bicyclic) bond motifs is 1. The molecule has 0 aromatic heterocycles. The molecule has 0 radical (unpaired) electrons. The predicted octanol–water partition coefficient (Wildman–Crippen LogP) is 4.78. The monoisotopic (exact) mass is 392 g/mol. The molecule has 5 nitrogen and oxygen atoms in total. The molecule has 0 spiro atoms. The topological polar surface area (TPSA) is 62.6 Å². The number of anilines is 1. The van der Waals surface area contributed by atoms with E-state index in [-0.39, 0.29) is 17.9 Å². The van der Waals surface area contributed by atoms with E-state index in [2.05, 4.69) is 0 Å². The normalized spacial score (nSPS) is 17.7. The minimum atomic E-state index is -0.308. The van der Waals surface area contributed by atoms with Crippen LogP contribution in [0, 0.1) is 5.41 Å². The Kier molecular flexibility index (Phi) is 4.11. The molecule has 1 N–H and O–H groups in total. The number of benzene rings is 2. The largest absolute Gasteiger partial charge is 0.454 e. The summed E-state index contributed by atoms with van der Waals surface area (Å²) in [6.07, 6.45) is 1.72. The number of nitrogens with one attached hydrogen (secondary N) is 1. The lowest BCUT2D eigenvalue weighted by Crippen LogP contribution is -2.28. The summed E-state index contributed by atoms with van der Waals surface area (Å²) >= 11 is 13.2. The lowest BCUT2D eigenvalue weighted by atomic mass is 10.2. The first-order chi connectivity index (χ1) is 12.0. The molecule has 2 aliphatic rings. The van der Waals surface area contributed by atoms with Gasteiger partial charge in [0.1, 0.15) is 0 Å². The molecule has 8 heteroatoms. The molecule has 1 amide bonds. The molecule has 2 aromatic rings. The predicted molar refractivity (Wildman–Crippen MR) is 99.8 cm³/mol. The molecule has 0 atom stereocenters. The zero-order chi connectivity index (χ0) is 17.6. The fourth-order valence-electron chi connectivity index (χ4n) is 2.52. The Balaban J connectivity index is 1.67. The Hall–Kier alpha value is -2.15. The molecule has 0 unspecified atom stereocenters. The maximum atomic E-state index is 12.7. The molecule has 2 heterocycles. The average molecular weight is 393 g/mol. The fraction of sp³-hybridized carbons (Fsp3) is 0.0588. The summed E-state index contributed by atoms with van der Waals surface area (Å²) in [6.45, 7) is 0.191. The van der Waals surface area contributed by atoms with E-state index in [1.165, 1.54) is 4.90 Å². The van der Waals surface area contributed by atoms with Gasteiger partial charge in [-0.15, -0.1) is 0 Å². The van der Waals surface area contributed by atoms with E-state index in [0.717, 1.165) is 17.3 Å². The van der Waals surface area contributed by atoms with Crippen LogP contribution in [0.5, 0.6) is 11.5 Å². The van der Waals surface area contributed by atoms with Crippen molar-refractivity contribution in [3.8, 4) is 11.5 Å². The van der Waals surface area contributed by atoms with Gasteiger partial charge in [0.05, 0.1) is 15.6 Å². The first kappa shape index (κ1) is 16.3. The molecule has 1 saturated heterocycles. The summed E-state index contributed by atoms with van der Waals surface area (Å²) in [6, 6.07) is 10.2. The van der Waals surface area contributed by atoms with Crippen molar-refractivity contribution in [3.63, 3.8) is 0 Å². The third kappa shape index (κ3) is 2.97. The molecule has 25 heavy (non-hydrogen) atoms. The fourth-order valence-corrected chi connectivity index (χ4v) is 3.87. The summed E-state index contributed by atoms with van der Waals surface area (Å²) in [4.78, 5) is 14.4. The smallest absolute Gasteiger partial charge is 0.271 e. The quantitative estimate of drug-likeness (QED) is 0.747. The number of ether oxygens (including phenoxy) is 2. The minimum Gasteiger partial charge on any atom is -0.454 e. The number of thioether (sulfide) groups is 1. The van der Waals surface area contributed by atoms with Crippen LogP contribution in [-0.2, 0) is 4.79 Å². The van der Waals surface area contributed by atoms with E-state index in [0.29, 0.717) is 32.1 Å². The minimum absolute atomic E-state index is 0.0845. The lowest BCUT2D eigenvalue weighted by molar-refractivity contribution is -0.113. The van der Waals surface area contributed by atoms with Gasteiger partial charge in [0.2, 0.25) is 6.79 Å². The van der Waals surface area contributed by atoms with Gasteiger partial charge in [0.25, 0.3) is 5.91 Å². The second-order valence-electron chi connectivity index (χ2n) is 5.26. The first-order valence-corrected chi connectivity index (χ1v) is 8.77. The summed E-state index contributed by atoms with van der Waals surface area (Å²) < 4.78 is 10.6. The number of rotatable bonds is 2. The van der Waals surface area contributed by atoms with Gasteiger partial charge in [-0.2, -0.15) is 0 Å². The maximum absolute atomic E-state index is 12.7. The van der Waals surface area contributed by atoms with Crippen LogP contribution in [0.1, 0.15) is 5.56 Å². The van der Waals surface area contributed by atoms with E-state index in [1.54, 1.807) is 36.4 Å². The Morgan fingerprint density at radius 1 is 1.12 bits per heavy atom. The molecule has 126 valence electrons. The number of nitrogens with zero attached hydrogens (tertiary/aromatic N) is 1. The molecule has 4 rings (SSSR count). The van der Waals surface area contributed by atoms with Crippen LogP contribution in [0.15, 0.2) is 41.3 Å². The van der Waals surface area contributed by atoms with Gasteiger partial charge in [0.15, 0.2) is 16.7 Å².